The van der Waals surface area contributed by atoms with Gasteiger partial charge in [-0.25, -0.2) is 9.78 Å². The van der Waals surface area contributed by atoms with Gasteiger partial charge in [-0.3, -0.25) is 19.4 Å². The van der Waals surface area contributed by atoms with E-state index in [9.17, 15) is 14.4 Å². The summed E-state index contributed by atoms with van der Waals surface area (Å²) in [6.45, 7) is 2.92. The fourth-order valence-corrected chi connectivity index (χ4v) is 5.93. The van der Waals surface area contributed by atoms with Gasteiger partial charge in [0.2, 0.25) is 5.91 Å². The van der Waals surface area contributed by atoms with Gasteiger partial charge in [0.25, 0.3) is 5.91 Å². The highest BCUT2D eigenvalue weighted by molar-refractivity contribution is 6.12. The molecule has 4 aromatic rings. The average molecular weight is 552 g/mol. The van der Waals surface area contributed by atoms with Crippen molar-refractivity contribution < 1.29 is 19.1 Å². The van der Waals surface area contributed by atoms with Gasteiger partial charge in [0.1, 0.15) is 23.9 Å². The van der Waals surface area contributed by atoms with Crippen molar-refractivity contribution in [3.63, 3.8) is 0 Å². The molecule has 2 fully saturated rings. The van der Waals surface area contributed by atoms with Gasteiger partial charge in [0.15, 0.2) is 0 Å². The molecule has 9 heteroatoms. The number of amides is 4. The number of carbonyl (C=O) groups excluding carboxylic acids is 3. The molecular weight excluding hydrogens is 518 g/mol. The summed E-state index contributed by atoms with van der Waals surface area (Å²) < 4.78 is 7.88. The van der Waals surface area contributed by atoms with Crippen LogP contribution in [0.1, 0.15) is 38.1 Å². The fourth-order valence-electron chi connectivity index (χ4n) is 5.93. The third-order valence-corrected chi connectivity index (χ3v) is 8.17. The van der Waals surface area contributed by atoms with E-state index in [1.54, 1.807) is 31.2 Å². The predicted molar refractivity (Wildman–Crippen MR) is 156 cm³/mol. The molecule has 41 heavy (non-hydrogen) atoms. The number of benzene rings is 3. The van der Waals surface area contributed by atoms with Crippen molar-refractivity contribution in [1.82, 2.24) is 19.4 Å². The van der Waals surface area contributed by atoms with Crippen LogP contribution in [0.15, 0.2) is 78.9 Å². The first-order valence-electron chi connectivity index (χ1n) is 14.0. The second-order valence-corrected chi connectivity index (χ2v) is 10.8. The Hall–Kier alpha value is -4.66. The first kappa shape index (κ1) is 26.6. The molecule has 210 valence electrons. The van der Waals surface area contributed by atoms with Crippen LogP contribution in [0, 0.1) is 5.92 Å². The fraction of sp³-hybridized carbons (Fsp3) is 0.312. The van der Waals surface area contributed by atoms with E-state index in [4.69, 9.17) is 9.72 Å². The summed E-state index contributed by atoms with van der Waals surface area (Å²) in [5, 5.41) is 0. The summed E-state index contributed by atoms with van der Waals surface area (Å²) in [5.41, 5.74) is 2.40. The van der Waals surface area contributed by atoms with Crippen LogP contribution in [0.5, 0.6) is 11.5 Å². The van der Waals surface area contributed by atoms with Crippen LogP contribution in [-0.4, -0.2) is 56.8 Å². The van der Waals surface area contributed by atoms with Crippen LogP contribution in [-0.2, 0) is 16.6 Å². The topological polar surface area (TPSA) is 88.0 Å². The first-order valence-corrected chi connectivity index (χ1v) is 14.0. The quantitative estimate of drug-likeness (QED) is 0.282. The van der Waals surface area contributed by atoms with Crippen LogP contribution >= 0.6 is 0 Å². The van der Waals surface area contributed by atoms with Gasteiger partial charge in [-0.05, 0) is 73.7 Å². The highest BCUT2D eigenvalue weighted by atomic mass is 16.5. The molecule has 9 nitrogen and oxygen atoms in total. The summed E-state index contributed by atoms with van der Waals surface area (Å²) >= 11 is 0. The Morgan fingerprint density at radius 1 is 0.927 bits per heavy atom. The molecule has 1 aromatic heterocycles. The number of likely N-dealkylation sites (tertiary alicyclic amines) is 1. The van der Waals surface area contributed by atoms with Gasteiger partial charge < -0.3 is 14.2 Å². The minimum Gasteiger partial charge on any atom is -0.457 e. The number of imide groups is 1. The first-order chi connectivity index (χ1) is 19.9. The lowest BCUT2D eigenvalue weighted by Gasteiger charge is -2.35. The van der Waals surface area contributed by atoms with E-state index in [0.717, 1.165) is 29.6 Å². The van der Waals surface area contributed by atoms with Crippen molar-refractivity contribution in [2.45, 2.75) is 32.2 Å². The molecule has 3 heterocycles. The molecule has 0 bridgehead atoms. The Kier molecular flexibility index (Phi) is 7.17. The number of aryl methyl sites for hydroxylation is 1. The zero-order valence-electron chi connectivity index (χ0n) is 23.3. The summed E-state index contributed by atoms with van der Waals surface area (Å²) in [5.74, 6) is 2.13. The zero-order valence-corrected chi connectivity index (χ0v) is 23.3. The van der Waals surface area contributed by atoms with Crippen LogP contribution in [0.3, 0.4) is 0 Å². The van der Waals surface area contributed by atoms with Gasteiger partial charge in [0.05, 0.1) is 17.1 Å². The minimum absolute atomic E-state index is 0.0407. The standard InChI is InChI=1S/C32H33N5O4/c1-22(38)35-18-16-23(17-19-35)20-29(31-33-27-10-6-7-11-28(27)34(31)2)37-30(39)21-36(32(37)40)24-12-14-26(15-13-24)41-25-8-4-3-5-9-25/h3-15,23,29H,16-21H2,1-2H3/t29-/m0/s1. The molecule has 2 saturated heterocycles. The molecule has 0 N–H and O–H groups in total. The van der Waals surface area contributed by atoms with Crippen molar-refractivity contribution in [3.05, 3.63) is 84.7 Å². The molecular formula is C32H33N5O4. The van der Waals surface area contributed by atoms with E-state index in [2.05, 4.69) is 0 Å². The third kappa shape index (κ3) is 5.27. The number of aromatic nitrogens is 2. The maximum Gasteiger partial charge on any atom is 0.332 e. The number of carbonyl (C=O) groups is 3. The second-order valence-electron chi connectivity index (χ2n) is 10.8. The maximum absolute atomic E-state index is 13.9. The van der Waals surface area contributed by atoms with Crippen LogP contribution < -0.4 is 9.64 Å². The molecule has 0 unspecified atom stereocenters. The number of piperidine rings is 1. The number of anilines is 1. The summed E-state index contributed by atoms with van der Waals surface area (Å²) in [6, 6.07) is 23.6. The number of rotatable bonds is 7. The van der Waals surface area contributed by atoms with Gasteiger partial charge in [-0.15, -0.1) is 0 Å². The molecule has 0 saturated carbocycles. The van der Waals surface area contributed by atoms with E-state index in [0.29, 0.717) is 36.8 Å². The summed E-state index contributed by atoms with van der Waals surface area (Å²) in [7, 11) is 1.93. The van der Waals surface area contributed by atoms with Gasteiger partial charge in [0, 0.05) is 32.7 Å². The molecule has 2 aliphatic rings. The molecule has 0 spiro atoms. The molecule has 1 atom stereocenters. The smallest absolute Gasteiger partial charge is 0.332 e. The number of ether oxygens (including phenoxy) is 1. The number of fused-ring (bicyclic) bond motifs is 1. The van der Waals surface area contributed by atoms with E-state index in [1.165, 1.54) is 9.80 Å². The average Bonchev–Trinajstić information content (AvgIpc) is 3.48. The largest absolute Gasteiger partial charge is 0.457 e. The predicted octanol–water partition coefficient (Wildman–Crippen LogP) is 5.52. The number of hydrogen-bond acceptors (Lipinski definition) is 5. The van der Waals surface area contributed by atoms with Crippen molar-refractivity contribution in [2.75, 3.05) is 24.5 Å². The summed E-state index contributed by atoms with van der Waals surface area (Å²) in [6.07, 6.45) is 2.24. The van der Waals surface area contributed by atoms with Gasteiger partial charge in [-0.2, -0.15) is 0 Å². The molecule has 3 aromatic carbocycles. The highest BCUT2D eigenvalue weighted by Crippen LogP contribution is 2.37. The Morgan fingerprint density at radius 3 is 2.27 bits per heavy atom. The highest BCUT2D eigenvalue weighted by Gasteiger charge is 2.44. The minimum atomic E-state index is -0.521. The van der Waals surface area contributed by atoms with E-state index in [-0.39, 0.29) is 30.3 Å². The maximum atomic E-state index is 13.9. The molecule has 2 aliphatic heterocycles. The SMILES string of the molecule is CC(=O)N1CCC(C[C@@H](c2nc3ccccc3n2C)N2C(=O)CN(c3ccc(Oc4ccccc4)cc3)C2=O)CC1. The molecule has 6 rings (SSSR count). The van der Waals surface area contributed by atoms with Crippen molar-refractivity contribution in [2.24, 2.45) is 13.0 Å². The number of nitrogens with zero attached hydrogens (tertiary/aromatic N) is 5. The summed E-state index contributed by atoms with van der Waals surface area (Å²) in [4.78, 5) is 49.0. The lowest BCUT2D eigenvalue weighted by atomic mass is 9.89. The Morgan fingerprint density at radius 2 is 1.59 bits per heavy atom. The number of imidazole rings is 1. The van der Waals surface area contributed by atoms with E-state index >= 15 is 0 Å². The third-order valence-electron chi connectivity index (χ3n) is 8.17. The molecule has 4 amide bonds. The van der Waals surface area contributed by atoms with Crippen LogP contribution in [0.25, 0.3) is 11.0 Å². The monoisotopic (exact) mass is 551 g/mol. The number of para-hydroxylation sites is 3. The van der Waals surface area contributed by atoms with Crippen molar-refractivity contribution >= 4 is 34.6 Å². The van der Waals surface area contributed by atoms with Crippen LogP contribution in [0.4, 0.5) is 10.5 Å². The van der Waals surface area contributed by atoms with Gasteiger partial charge in [-0.1, -0.05) is 30.3 Å². The van der Waals surface area contributed by atoms with E-state index in [1.807, 2.05) is 71.1 Å². The van der Waals surface area contributed by atoms with Crippen LogP contribution in [0.2, 0.25) is 0 Å². The lowest BCUT2D eigenvalue weighted by Crippen LogP contribution is -2.41. The Bertz CT molecular complexity index is 1570. The van der Waals surface area contributed by atoms with Gasteiger partial charge >= 0.3 is 6.03 Å². The van der Waals surface area contributed by atoms with Crippen molar-refractivity contribution in [3.8, 4) is 11.5 Å². The van der Waals surface area contributed by atoms with Crippen molar-refractivity contribution in [1.29, 1.82) is 0 Å². The Balaban J connectivity index is 1.27. The second kappa shape index (κ2) is 11.1. The normalized spacial score (nSPS) is 17.0. The molecule has 0 radical (unpaired) electrons. The zero-order chi connectivity index (χ0) is 28.5. The Labute approximate surface area is 238 Å². The lowest BCUT2D eigenvalue weighted by molar-refractivity contribution is -0.130. The number of urea groups is 1. The number of hydrogen-bond donors (Lipinski definition) is 0. The molecule has 0 aliphatic carbocycles. The van der Waals surface area contributed by atoms with E-state index < -0.39 is 6.04 Å².